The Kier molecular flexibility index (Phi) is 5.12. The molecule has 1 aromatic heterocycles. The summed E-state index contributed by atoms with van der Waals surface area (Å²) in [6, 6.07) is 1.96. The number of pyridine rings is 1. The summed E-state index contributed by atoms with van der Waals surface area (Å²) >= 11 is -0.772. The maximum absolute atomic E-state index is 14.3. The molecule has 2 rings (SSSR count). The van der Waals surface area contributed by atoms with Crippen LogP contribution in [0.5, 0.6) is 0 Å². The molecule has 0 amide bonds. The number of nitrogens with one attached hydrogen (secondary N) is 1. The lowest BCUT2D eigenvalue weighted by Gasteiger charge is -2.36. The lowest BCUT2D eigenvalue weighted by atomic mass is 9.90. The molecule has 0 fully saturated rings. The van der Waals surface area contributed by atoms with Crippen LogP contribution in [0.4, 0.5) is 17.6 Å². The van der Waals surface area contributed by atoms with Crippen LogP contribution in [-0.4, -0.2) is 20.0 Å². The highest BCUT2D eigenvalue weighted by atomic mass is 32.2. The van der Waals surface area contributed by atoms with Gasteiger partial charge in [-0.3, -0.25) is 0 Å². The second-order valence-corrected chi connectivity index (χ2v) is 9.33. The Morgan fingerprint density at radius 3 is 2.54 bits per heavy atom. The zero-order valence-corrected chi connectivity index (χ0v) is 14.8. The molecule has 4 nitrogen and oxygen atoms in total. The Bertz CT molecular complexity index is 684. The van der Waals surface area contributed by atoms with E-state index in [-0.39, 0.29) is 22.6 Å². The summed E-state index contributed by atoms with van der Waals surface area (Å²) in [5.41, 5.74) is -3.17. The molecular weight excluding hydrogens is 366 g/mol. The van der Waals surface area contributed by atoms with Gasteiger partial charge in [0.05, 0.1) is 11.0 Å². The first-order valence-corrected chi connectivity index (χ1v) is 9.06. The van der Waals surface area contributed by atoms with Gasteiger partial charge >= 0.3 is 6.18 Å². The molecule has 10 heteroatoms. The predicted molar refractivity (Wildman–Crippen MR) is 82.9 cm³/mol. The summed E-state index contributed by atoms with van der Waals surface area (Å²) in [5.74, 6) is -1.28. The molecule has 1 N–H and O–H groups in total. The summed E-state index contributed by atoms with van der Waals surface area (Å²) in [5, 5.41) is 9.59. The third kappa shape index (κ3) is 3.49. The second kappa shape index (κ2) is 6.37. The van der Waals surface area contributed by atoms with E-state index in [2.05, 4.69) is 9.71 Å². The Labute approximate surface area is 144 Å². The zero-order chi connectivity index (χ0) is 18.3. The molecule has 0 saturated carbocycles. The lowest BCUT2D eigenvalue weighted by molar-refractivity contribution is -0.144. The normalized spacial score (nSPS) is 22.6. The average molecular weight is 381 g/mol. The number of nitrogens with zero attached hydrogens (tertiary/aromatic N) is 2. The van der Waals surface area contributed by atoms with Crippen molar-refractivity contribution in [2.45, 2.75) is 48.5 Å². The Morgan fingerprint density at radius 2 is 2.04 bits per heavy atom. The van der Waals surface area contributed by atoms with E-state index < -0.39 is 39.3 Å². The number of hydrogen-bond acceptors (Lipinski definition) is 5. The van der Waals surface area contributed by atoms with Crippen LogP contribution in [0.1, 0.15) is 38.4 Å². The van der Waals surface area contributed by atoms with Gasteiger partial charge in [-0.05, 0) is 27.2 Å². The number of aromatic nitrogens is 1. The number of thioether (sulfide) groups is 1. The summed E-state index contributed by atoms with van der Waals surface area (Å²) in [6.45, 7) is 5.06. The van der Waals surface area contributed by atoms with E-state index in [1.807, 2.05) is 6.07 Å². The van der Waals surface area contributed by atoms with E-state index in [1.165, 1.54) is 0 Å². The van der Waals surface area contributed by atoms with E-state index in [0.29, 0.717) is 0 Å². The number of hydrogen-bond donors (Lipinski definition) is 1. The topological polar surface area (TPSA) is 71.8 Å². The van der Waals surface area contributed by atoms with Crippen LogP contribution < -0.4 is 4.72 Å². The van der Waals surface area contributed by atoms with Gasteiger partial charge in [-0.1, -0.05) is 0 Å². The van der Waals surface area contributed by atoms with Crippen molar-refractivity contribution in [3.8, 4) is 6.07 Å². The van der Waals surface area contributed by atoms with Crippen molar-refractivity contribution < 1.29 is 22.1 Å². The first kappa shape index (κ1) is 19.3. The van der Waals surface area contributed by atoms with Crippen LogP contribution in [0.2, 0.25) is 0 Å². The summed E-state index contributed by atoms with van der Waals surface area (Å²) in [4.78, 5) is 2.90. The van der Waals surface area contributed by atoms with Gasteiger partial charge in [0.1, 0.15) is 4.75 Å². The van der Waals surface area contributed by atoms with Crippen molar-refractivity contribution in [1.29, 1.82) is 5.26 Å². The van der Waals surface area contributed by atoms with Crippen LogP contribution in [0.25, 0.3) is 0 Å². The maximum Gasteiger partial charge on any atom is 0.436 e. The fourth-order valence-corrected chi connectivity index (χ4v) is 4.21. The summed E-state index contributed by atoms with van der Waals surface area (Å²) < 4.78 is 67.1. The average Bonchev–Trinajstić information content (AvgIpc) is 2.46. The van der Waals surface area contributed by atoms with Crippen molar-refractivity contribution in [3.63, 3.8) is 0 Å². The molecular formula is C14H15F4N3OS2. The Morgan fingerprint density at radius 1 is 1.42 bits per heavy atom. The van der Waals surface area contributed by atoms with Gasteiger partial charge in [0.2, 0.25) is 0 Å². The van der Waals surface area contributed by atoms with Crippen LogP contribution in [0.3, 0.4) is 0 Å². The largest absolute Gasteiger partial charge is 0.598 e. The Balaban J connectivity index is 2.55. The van der Waals surface area contributed by atoms with Gasteiger partial charge in [0.25, 0.3) is 0 Å². The molecule has 0 spiro atoms. The van der Waals surface area contributed by atoms with E-state index in [9.17, 15) is 27.4 Å². The number of alkyl halides is 3. The predicted octanol–water partition coefficient (Wildman–Crippen LogP) is 3.51. The maximum atomic E-state index is 14.3. The standard InChI is InChI=1S/C14H15F4N3OS2/c1-12(2,3)24(22)21-13(7-19)4-5-23-10-8(13)6-20-11(9(10)15)14(16,17)18/h6,21H,4-5H2,1-3H3/t13-,24-/m0/s1. The number of nitriles is 1. The van der Waals surface area contributed by atoms with Crippen LogP contribution in [-0.2, 0) is 23.1 Å². The molecule has 1 aliphatic heterocycles. The molecule has 1 aliphatic rings. The fourth-order valence-electron chi connectivity index (χ4n) is 2.11. The molecule has 132 valence electrons. The van der Waals surface area contributed by atoms with E-state index in [1.54, 1.807) is 20.8 Å². The number of rotatable bonds is 2. The van der Waals surface area contributed by atoms with Gasteiger partial charge in [0, 0.05) is 28.9 Å². The van der Waals surface area contributed by atoms with Crippen LogP contribution >= 0.6 is 11.8 Å². The minimum atomic E-state index is -4.92. The smallest absolute Gasteiger partial charge is 0.436 e. The molecule has 2 heterocycles. The van der Waals surface area contributed by atoms with Crippen LogP contribution in [0.15, 0.2) is 11.1 Å². The molecule has 0 saturated heterocycles. The van der Waals surface area contributed by atoms with Gasteiger partial charge < -0.3 is 4.55 Å². The minimum Gasteiger partial charge on any atom is -0.598 e. The van der Waals surface area contributed by atoms with Gasteiger partial charge in [0.15, 0.2) is 17.1 Å². The molecule has 0 bridgehead atoms. The van der Waals surface area contributed by atoms with Crippen molar-refractivity contribution in [2.24, 2.45) is 0 Å². The number of fused-ring (bicyclic) bond motifs is 1. The highest BCUT2D eigenvalue weighted by molar-refractivity contribution is 7.99. The van der Waals surface area contributed by atoms with E-state index >= 15 is 0 Å². The monoisotopic (exact) mass is 381 g/mol. The third-order valence-corrected chi connectivity index (χ3v) is 6.18. The van der Waals surface area contributed by atoms with Crippen molar-refractivity contribution in [2.75, 3.05) is 5.75 Å². The first-order valence-electron chi connectivity index (χ1n) is 6.92. The Hall–Kier alpha value is -1.02. The molecule has 2 atom stereocenters. The van der Waals surface area contributed by atoms with Gasteiger partial charge in [-0.2, -0.15) is 18.4 Å². The van der Waals surface area contributed by atoms with E-state index in [0.717, 1.165) is 18.0 Å². The van der Waals surface area contributed by atoms with E-state index in [4.69, 9.17) is 0 Å². The quantitative estimate of drug-likeness (QED) is 0.627. The molecule has 24 heavy (non-hydrogen) atoms. The lowest BCUT2D eigenvalue weighted by Crippen LogP contribution is -2.52. The SMILES string of the molecule is CC(C)(C)[S@+]([O-])N[C@]1(C#N)CCSc2c1cnc(C(F)(F)F)c2F. The van der Waals surface area contributed by atoms with Crippen LogP contribution in [0, 0.1) is 17.1 Å². The molecule has 1 aromatic rings. The van der Waals surface area contributed by atoms with Crippen molar-refractivity contribution in [3.05, 3.63) is 23.3 Å². The molecule has 0 unspecified atom stereocenters. The molecule has 0 aliphatic carbocycles. The molecule has 0 radical (unpaired) electrons. The highest BCUT2D eigenvalue weighted by Crippen LogP contribution is 2.44. The summed E-state index contributed by atoms with van der Waals surface area (Å²) in [7, 11) is 0. The summed E-state index contributed by atoms with van der Waals surface area (Å²) in [6.07, 6.45) is -3.90. The van der Waals surface area contributed by atoms with Gasteiger partial charge in [-0.15, -0.1) is 16.5 Å². The second-order valence-electron chi connectivity index (χ2n) is 6.26. The van der Waals surface area contributed by atoms with Gasteiger partial charge in [-0.25, -0.2) is 9.37 Å². The third-order valence-electron chi connectivity index (χ3n) is 3.44. The number of halogens is 4. The van der Waals surface area contributed by atoms with Crippen molar-refractivity contribution >= 4 is 23.1 Å². The zero-order valence-electron chi connectivity index (χ0n) is 13.1. The molecule has 0 aromatic carbocycles. The highest BCUT2D eigenvalue weighted by Gasteiger charge is 2.47. The fraction of sp³-hybridized carbons (Fsp3) is 0.571. The van der Waals surface area contributed by atoms with Crippen molar-refractivity contribution in [1.82, 2.24) is 9.71 Å². The first-order chi connectivity index (χ1) is 10.9. The minimum absolute atomic E-state index is 0.00986.